The number of hydrogen-bond donors (Lipinski definition) is 1. The predicted octanol–water partition coefficient (Wildman–Crippen LogP) is 1.62. The predicted molar refractivity (Wildman–Crippen MR) is 64.5 cm³/mol. The van der Waals surface area contributed by atoms with Gasteiger partial charge in [0.25, 0.3) is 0 Å². The molecule has 0 aliphatic heterocycles. The van der Waals surface area contributed by atoms with Crippen molar-refractivity contribution < 1.29 is 9.53 Å². The first-order valence-corrected chi connectivity index (χ1v) is 6.06. The Morgan fingerprint density at radius 2 is 2.12 bits per heavy atom. The second-order valence-corrected chi connectivity index (χ2v) is 3.83. The highest BCUT2D eigenvalue weighted by Gasteiger charge is 2.17. The summed E-state index contributed by atoms with van der Waals surface area (Å²) < 4.78 is 6.39. The molecule has 0 spiro atoms. The minimum Gasteiger partial charge on any atom is -0.461 e. The monoisotopic (exact) mass is 240 g/mol. The van der Waals surface area contributed by atoms with Gasteiger partial charge in [-0.2, -0.15) is 0 Å². The maximum absolute atomic E-state index is 11.4. The van der Waals surface area contributed by atoms with Gasteiger partial charge in [-0.3, -0.25) is 0 Å². The fourth-order valence-electron chi connectivity index (χ4n) is 1.52. The Bertz CT molecular complexity index is 362. The second kappa shape index (κ2) is 6.88. The summed E-state index contributed by atoms with van der Waals surface area (Å²) in [6.07, 6.45) is 4.49. The molecule has 1 rings (SSSR count). The minimum absolute atomic E-state index is 0.113. The smallest absolute Gasteiger partial charge is 0.362 e. The van der Waals surface area contributed by atoms with Crippen LogP contribution in [0.5, 0.6) is 0 Å². The van der Waals surface area contributed by atoms with Crippen molar-refractivity contribution in [3.8, 4) is 0 Å². The first-order chi connectivity index (χ1) is 8.20. The molecule has 0 atom stereocenters. The van der Waals surface area contributed by atoms with Gasteiger partial charge >= 0.3 is 5.97 Å². The molecule has 0 aliphatic carbocycles. The number of rotatable bonds is 7. The van der Waals surface area contributed by atoms with Gasteiger partial charge in [-0.05, 0) is 13.3 Å². The van der Waals surface area contributed by atoms with Crippen LogP contribution in [0.3, 0.4) is 0 Å². The van der Waals surface area contributed by atoms with Crippen LogP contribution in [-0.4, -0.2) is 27.6 Å². The zero-order valence-corrected chi connectivity index (χ0v) is 10.5. The van der Waals surface area contributed by atoms with E-state index in [1.165, 1.54) is 12.8 Å². The lowest BCUT2D eigenvalue weighted by molar-refractivity contribution is 0.0520. The third kappa shape index (κ3) is 3.72. The van der Waals surface area contributed by atoms with Crippen LogP contribution in [0.15, 0.2) is 0 Å². The zero-order chi connectivity index (χ0) is 12.7. The first-order valence-electron chi connectivity index (χ1n) is 6.06. The lowest BCUT2D eigenvalue weighted by Crippen LogP contribution is -2.10. The fraction of sp³-hybridized carbons (Fsp3) is 0.727. The van der Waals surface area contributed by atoms with E-state index >= 15 is 0 Å². The first kappa shape index (κ1) is 13.5. The molecular weight excluding hydrogens is 220 g/mol. The van der Waals surface area contributed by atoms with Crippen LogP contribution >= 0.6 is 0 Å². The van der Waals surface area contributed by atoms with E-state index in [-0.39, 0.29) is 5.69 Å². The number of aromatic nitrogens is 3. The molecule has 2 N–H and O–H groups in total. The van der Waals surface area contributed by atoms with Gasteiger partial charge in [0.2, 0.25) is 5.69 Å². The van der Waals surface area contributed by atoms with E-state index in [0.717, 1.165) is 12.8 Å². The second-order valence-electron chi connectivity index (χ2n) is 3.83. The lowest BCUT2D eigenvalue weighted by atomic mass is 10.2. The van der Waals surface area contributed by atoms with Crippen molar-refractivity contribution in [3.63, 3.8) is 0 Å². The number of unbranched alkanes of at least 4 members (excludes halogenated alkanes) is 3. The number of esters is 1. The number of nitrogens with zero attached hydrogens (tertiary/aromatic N) is 3. The van der Waals surface area contributed by atoms with Crippen molar-refractivity contribution in [2.45, 2.75) is 46.1 Å². The number of carbonyl (C=O) groups excluding carboxylic acids is 1. The highest BCUT2D eigenvalue weighted by molar-refractivity contribution is 5.91. The standard InChI is InChI=1S/C11H20N4O2/c1-3-5-6-7-8-15-10(12)9(13-14-15)11(16)17-4-2/h3-8,12H2,1-2H3. The van der Waals surface area contributed by atoms with Gasteiger partial charge < -0.3 is 10.5 Å². The summed E-state index contributed by atoms with van der Waals surface area (Å²) in [6, 6.07) is 0. The molecule has 1 heterocycles. The molecule has 0 amide bonds. The maximum atomic E-state index is 11.4. The molecular formula is C11H20N4O2. The number of carbonyl (C=O) groups is 1. The van der Waals surface area contributed by atoms with E-state index in [4.69, 9.17) is 10.5 Å². The summed E-state index contributed by atoms with van der Waals surface area (Å²) in [5.74, 6) is -0.218. The summed E-state index contributed by atoms with van der Waals surface area (Å²) >= 11 is 0. The lowest BCUT2D eigenvalue weighted by Gasteiger charge is -2.03. The van der Waals surface area contributed by atoms with Crippen molar-refractivity contribution in [2.75, 3.05) is 12.3 Å². The van der Waals surface area contributed by atoms with Crippen LogP contribution < -0.4 is 5.73 Å². The average Bonchev–Trinajstić information content (AvgIpc) is 2.67. The molecule has 0 aliphatic rings. The Balaban J connectivity index is 2.54. The average molecular weight is 240 g/mol. The van der Waals surface area contributed by atoms with Crippen LogP contribution in [0.25, 0.3) is 0 Å². The van der Waals surface area contributed by atoms with Gasteiger partial charge in [-0.1, -0.05) is 31.4 Å². The normalized spacial score (nSPS) is 10.5. The molecule has 1 aromatic heterocycles. The highest BCUT2D eigenvalue weighted by atomic mass is 16.5. The molecule has 0 fully saturated rings. The number of ether oxygens (including phenoxy) is 1. The Hall–Kier alpha value is -1.59. The zero-order valence-electron chi connectivity index (χ0n) is 10.5. The van der Waals surface area contributed by atoms with Gasteiger partial charge in [0, 0.05) is 6.54 Å². The number of nitrogen functional groups attached to an aromatic ring is 1. The van der Waals surface area contributed by atoms with E-state index in [2.05, 4.69) is 17.2 Å². The van der Waals surface area contributed by atoms with E-state index < -0.39 is 5.97 Å². The Morgan fingerprint density at radius 3 is 2.76 bits per heavy atom. The van der Waals surface area contributed by atoms with Crippen LogP contribution in [0.1, 0.15) is 50.0 Å². The molecule has 6 nitrogen and oxygen atoms in total. The molecule has 6 heteroatoms. The highest BCUT2D eigenvalue weighted by Crippen LogP contribution is 2.11. The van der Waals surface area contributed by atoms with Gasteiger partial charge in [-0.15, -0.1) is 5.10 Å². The topological polar surface area (TPSA) is 83.0 Å². The molecule has 96 valence electrons. The van der Waals surface area contributed by atoms with Crippen molar-refractivity contribution >= 4 is 11.8 Å². The van der Waals surface area contributed by atoms with Crippen molar-refractivity contribution in [2.24, 2.45) is 0 Å². The summed E-state index contributed by atoms with van der Waals surface area (Å²) in [6.45, 7) is 4.89. The summed E-state index contributed by atoms with van der Waals surface area (Å²) in [5.41, 5.74) is 5.90. The molecule has 0 saturated heterocycles. The van der Waals surface area contributed by atoms with E-state index in [9.17, 15) is 4.79 Å². The van der Waals surface area contributed by atoms with Gasteiger partial charge in [-0.25, -0.2) is 9.48 Å². The summed E-state index contributed by atoms with van der Waals surface area (Å²) in [4.78, 5) is 11.4. The van der Waals surface area contributed by atoms with Crippen molar-refractivity contribution in [1.29, 1.82) is 0 Å². The van der Waals surface area contributed by atoms with Crippen LogP contribution in [0.4, 0.5) is 5.82 Å². The number of anilines is 1. The molecule has 0 aromatic carbocycles. The third-order valence-electron chi connectivity index (χ3n) is 2.47. The van der Waals surface area contributed by atoms with Crippen LogP contribution in [0, 0.1) is 0 Å². The quantitative estimate of drug-likeness (QED) is 0.578. The number of nitrogens with two attached hydrogens (primary N) is 1. The Morgan fingerprint density at radius 1 is 1.35 bits per heavy atom. The molecule has 0 unspecified atom stereocenters. The molecule has 0 saturated carbocycles. The Kier molecular flexibility index (Phi) is 5.45. The number of hydrogen-bond acceptors (Lipinski definition) is 5. The summed E-state index contributed by atoms with van der Waals surface area (Å²) in [7, 11) is 0. The van der Waals surface area contributed by atoms with E-state index in [1.54, 1.807) is 11.6 Å². The molecule has 1 aromatic rings. The summed E-state index contributed by atoms with van der Waals surface area (Å²) in [5, 5.41) is 7.60. The van der Waals surface area contributed by atoms with E-state index in [1.807, 2.05) is 0 Å². The van der Waals surface area contributed by atoms with Gasteiger partial charge in [0.15, 0.2) is 5.82 Å². The van der Waals surface area contributed by atoms with Gasteiger partial charge in [0.05, 0.1) is 6.61 Å². The van der Waals surface area contributed by atoms with Crippen molar-refractivity contribution in [1.82, 2.24) is 15.0 Å². The fourth-order valence-corrected chi connectivity index (χ4v) is 1.52. The van der Waals surface area contributed by atoms with Crippen molar-refractivity contribution in [3.05, 3.63) is 5.69 Å². The van der Waals surface area contributed by atoms with Gasteiger partial charge in [0.1, 0.15) is 0 Å². The molecule has 0 radical (unpaired) electrons. The third-order valence-corrected chi connectivity index (χ3v) is 2.47. The van der Waals surface area contributed by atoms with Crippen LogP contribution in [-0.2, 0) is 11.3 Å². The Labute approximate surface area is 101 Å². The minimum atomic E-state index is -0.509. The van der Waals surface area contributed by atoms with Crippen LogP contribution in [0.2, 0.25) is 0 Å². The largest absolute Gasteiger partial charge is 0.461 e. The molecule has 17 heavy (non-hydrogen) atoms. The van der Waals surface area contributed by atoms with E-state index in [0.29, 0.717) is 19.0 Å². The molecule has 0 bridgehead atoms. The number of aryl methyl sites for hydroxylation is 1. The maximum Gasteiger partial charge on any atom is 0.362 e. The SMILES string of the molecule is CCCCCCn1nnc(C(=O)OCC)c1N.